The van der Waals surface area contributed by atoms with Crippen molar-refractivity contribution in [2.24, 2.45) is 5.92 Å². The average Bonchev–Trinajstić information content (AvgIpc) is 2.95. The summed E-state index contributed by atoms with van der Waals surface area (Å²) in [6.07, 6.45) is 2.67. The Kier molecular flexibility index (Phi) is 4.98. The van der Waals surface area contributed by atoms with Gasteiger partial charge in [-0.25, -0.2) is 4.98 Å². The Morgan fingerprint density at radius 3 is 2.89 bits per heavy atom. The summed E-state index contributed by atoms with van der Waals surface area (Å²) in [5.74, 6) is 0.903. The van der Waals surface area contributed by atoms with Crippen molar-refractivity contribution < 1.29 is 0 Å². The first-order valence-electron chi connectivity index (χ1n) is 7.37. The van der Waals surface area contributed by atoms with E-state index >= 15 is 0 Å². The quantitative estimate of drug-likeness (QED) is 0.898. The van der Waals surface area contributed by atoms with Crippen LogP contribution < -0.4 is 5.32 Å². The van der Waals surface area contributed by atoms with E-state index in [-0.39, 0.29) is 5.54 Å². The summed E-state index contributed by atoms with van der Waals surface area (Å²) in [7, 11) is 0. The van der Waals surface area contributed by atoms with Gasteiger partial charge in [0, 0.05) is 30.6 Å². The van der Waals surface area contributed by atoms with E-state index < -0.39 is 0 Å². The fourth-order valence-electron chi connectivity index (χ4n) is 2.46. The normalized spacial score (nSPS) is 21.2. The molecule has 0 aromatic carbocycles. The molecule has 1 atom stereocenters. The van der Waals surface area contributed by atoms with Crippen LogP contribution >= 0.6 is 11.3 Å². The Morgan fingerprint density at radius 2 is 2.26 bits per heavy atom. The summed E-state index contributed by atoms with van der Waals surface area (Å²) in [5, 5.41) is 6.92. The third-order valence-electron chi connectivity index (χ3n) is 3.70. The number of rotatable bonds is 5. The molecule has 2 heterocycles. The summed E-state index contributed by atoms with van der Waals surface area (Å²) < 4.78 is 0. The molecule has 0 bridgehead atoms. The molecule has 1 fully saturated rings. The smallest absolute Gasteiger partial charge is 0.107 e. The van der Waals surface area contributed by atoms with Gasteiger partial charge in [0.1, 0.15) is 5.01 Å². The van der Waals surface area contributed by atoms with Crippen molar-refractivity contribution in [2.75, 3.05) is 13.1 Å². The standard InChI is InChI=1S/C15H27N3S/c1-5-12-6-7-18(9-12)10-13-11-19-14(17-13)8-16-15(2,3)4/h11-12,16H,5-10H2,1-4H3. The molecular weight excluding hydrogens is 254 g/mol. The van der Waals surface area contributed by atoms with Gasteiger partial charge in [0.25, 0.3) is 0 Å². The van der Waals surface area contributed by atoms with E-state index in [4.69, 9.17) is 4.98 Å². The molecule has 1 aliphatic rings. The molecule has 1 unspecified atom stereocenters. The number of aromatic nitrogens is 1. The van der Waals surface area contributed by atoms with Crippen molar-refractivity contribution in [1.29, 1.82) is 0 Å². The Bertz CT molecular complexity index is 394. The lowest BCUT2D eigenvalue weighted by Crippen LogP contribution is -2.35. The first-order chi connectivity index (χ1) is 8.96. The van der Waals surface area contributed by atoms with Crippen molar-refractivity contribution in [2.45, 2.75) is 59.2 Å². The zero-order valence-corrected chi connectivity index (χ0v) is 13.5. The van der Waals surface area contributed by atoms with E-state index in [9.17, 15) is 0 Å². The SMILES string of the molecule is CCC1CCN(Cc2csc(CNC(C)(C)C)n2)C1. The molecule has 1 aliphatic heterocycles. The molecule has 4 heteroatoms. The minimum absolute atomic E-state index is 0.162. The predicted octanol–water partition coefficient (Wildman–Crippen LogP) is 3.26. The molecule has 1 aromatic rings. The second-order valence-electron chi connectivity index (χ2n) is 6.63. The third kappa shape index (κ3) is 4.86. The molecule has 2 rings (SSSR count). The first-order valence-corrected chi connectivity index (χ1v) is 8.25. The number of nitrogens with zero attached hydrogens (tertiary/aromatic N) is 2. The fourth-order valence-corrected chi connectivity index (χ4v) is 3.19. The molecule has 0 amide bonds. The number of hydrogen-bond donors (Lipinski definition) is 1. The van der Waals surface area contributed by atoms with Gasteiger partial charge in [0.15, 0.2) is 0 Å². The Morgan fingerprint density at radius 1 is 1.47 bits per heavy atom. The van der Waals surface area contributed by atoms with Gasteiger partial charge < -0.3 is 5.32 Å². The minimum Gasteiger partial charge on any atom is -0.306 e. The van der Waals surface area contributed by atoms with Gasteiger partial charge in [-0.3, -0.25) is 4.90 Å². The van der Waals surface area contributed by atoms with Gasteiger partial charge in [0.05, 0.1) is 5.69 Å². The van der Waals surface area contributed by atoms with Gasteiger partial charge in [0.2, 0.25) is 0 Å². The molecule has 1 saturated heterocycles. The highest BCUT2D eigenvalue weighted by atomic mass is 32.1. The van der Waals surface area contributed by atoms with Gasteiger partial charge in [-0.1, -0.05) is 13.3 Å². The van der Waals surface area contributed by atoms with Crippen LogP contribution in [0.25, 0.3) is 0 Å². The van der Waals surface area contributed by atoms with Crippen molar-refractivity contribution in [3.63, 3.8) is 0 Å². The highest BCUT2D eigenvalue weighted by Gasteiger charge is 2.21. The van der Waals surface area contributed by atoms with Crippen molar-refractivity contribution >= 4 is 11.3 Å². The Labute approximate surface area is 121 Å². The van der Waals surface area contributed by atoms with Crippen molar-refractivity contribution in [3.05, 3.63) is 16.1 Å². The number of hydrogen-bond acceptors (Lipinski definition) is 4. The van der Waals surface area contributed by atoms with Crippen LogP contribution in [0.5, 0.6) is 0 Å². The molecule has 3 nitrogen and oxygen atoms in total. The molecule has 0 spiro atoms. The van der Waals surface area contributed by atoms with E-state index in [0.29, 0.717) is 0 Å². The van der Waals surface area contributed by atoms with Crippen LogP contribution in [0.4, 0.5) is 0 Å². The van der Waals surface area contributed by atoms with Crippen LogP contribution in [0.1, 0.15) is 51.2 Å². The van der Waals surface area contributed by atoms with Crippen LogP contribution in [0.15, 0.2) is 5.38 Å². The van der Waals surface area contributed by atoms with Crippen LogP contribution in [0.3, 0.4) is 0 Å². The van der Waals surface area contributed by atoms with Crippen LogP contribution in [-0.2, 0) is 13.1 Å². The monoisotopic (exact) mass is 281 g/mol. The summed E-state index contributed by atoms with van der Waals surface area (Å²) in [5.41, 5.74) is 1.40. The van der Waals surface area contributed by atoms with Crippen LogP contribution in [-0.4, -0.2) is 28.5 Å². The summed E-state index contributed by atoms with van der Waals surface area (Å²) in [6, 6.07) is 0. The maximum atomic E-state index is 4.74. The van der Waals surface area contributed by atoms with Crippen molar-refractivity contribution in [1.82, 2.24) is 15.2 Å². The zero-order valence-electron chi connectivity index (χ0n) is 12.7. The summed E-state index contributed by atoms with van der Waals surface area (Å²) in [4.78, 5) is 7.29. The number of thiazole rings is 1. The second-order valence-corrected chi connectivity index (χ2v) is 7.58. The molecule has 0 aliphatic carbocycles. The second kappa shape index (κ2) is 6.33. The minimum atomic E-state index is 0.162. The molecular formula is C15H27N3S. The Hall–Kier alpha value is -0.450. The lowest BCUT2D eigenvalue weighted by Gasteiger charge is -2.19. The summed E-state index contributed by atoms with van der Waals surface area (Å²) >= 11 is 1.78. The van der Waals surface area contributed by atoms with Gasteiger partial charge in [-0.15, -0.1) is 11.3 Å². The molecule has 108 valence electrons. The fraction of sp³-hybridized carbons (Fsp3) is 0.800. The highest BCUT2D eigenvalue weighted by molar-refractivity contribution is 7.09. The topological polar surface area (TPSA) is 28.2 Å². The molecule has 1 N–H and O–H groups in total. The van der Waals surface area contributed by atoms with Crippen molar-refractivity contribution in [3.8, 4) is 0 Å². The largest absolute Gasteiger partial charge is 0.306 e. The predicted molar refractivity (Wildman–Crippen MR) is 82.4 cm³/mol. The Balaban J connectivity index is 1.81. The number of likely N-dealkylation sites (tertiary alicyclic amines) is 1. The highest BCUT2D eigenvalue weighted by Crippen LogP contribution is 2.21. The van der Waals surface area contributed by atoms with Gasteiger partial charge >= 0.3 is 0 Å². The number of nitrogens with one attached hydrogen (secondary N) is 1. The maximum Gasteiger partial charge on any atom is 0.107 e. The van der Waals surface area contributed by atoms with E-state index in [1.807, 2.05) is 0 Å². The lowest BCUT2D eigenvalue weighted by atomic mass is 10.1. The maximum absolute atomic E-state index is 4.74. The molecule has 1 aromatic heterocycles. The van der Waals surface area contributed by atoms with Gasteiger partial charge in [-0.05, 0) is 39.7 Å². The van der Waals surface area contributed by atoms with Crippen LogP contribution in [0.2, 0.25) is 0 Å². The van der Waals surface area contributed by atoms with E-state index in [1.165, 1.54) is 36.6 Å². The average molecular weight is 281 g/mol. The van der Waals surface area contributed by atoms with E-state index in [2.05, 4.69) is 43.3 Å². The van der Waals surface area contributed by atoms with E-state index in [1.54, 1.807) is 11.3 Å². The lowest BCUT2D eigenvalue weighted by molar-refractivity contribution is 0.311. The molecule has 0 radical (unpaired) electrons. The van der Waals surface area contributed by atoms with E-state index in [0.717, 1.165) is 19.0 Å². The first kappa shape index (κ1) is 14.9. The zero-order chi connectivity index (χ0) is 13.9. The van der Waals surface area contributed by atoms with Gasteiger partial charge in [-0.2, -0.15) is 0 Å². The summed E-state index contributed by atoms with van der Waals surface area (Å²) in [6.45, 7) is 13.3. The molecule has 0 saturated carbocycles. The third-order valence-corrected chi connectivity index (χ3v) is 4.60. The van der Waals surface area contributed by atoms with Crippen LogP contribution in [0, 0.1) is 5.92 Å². The molecule has 19 heavy (non-hydrogen) atoms.